The summed E-state index contributed by atoms with van der Waals surface area (Å²) in [7, 11) is 5.19. The Morgan fingerprint density at radius 1 is 1.15 bits per heavy atom. The maximum Gasteiger partial charge on any atom is 0.253 e. The van der Waals surface area contributed by atoms with Gasteiger partial charge >= 0.3 is 0 Å². The van der Waals surface area contributed by atoms with Crippen LogP contribution in [0.5, 0.6) is 0 Å². The van der Waals surface area contributed by atoms with E-state index >= 15 is 0 Å². The summed E-state index contributed by atoms with van der Waals surface area (Å²) in [4.78, 5) is 17.7. The van der Waals surface area contributed by atoms with Gasteiger partial charge in [0.1, 0.15) is 0 Å². The number of nitrogens with zero attached hydrogens (tertiary/aromatic N) is 2. The average Bonchev–Trinajstić information content (AvgIpc) is 2.64. The van der Waals surface area contributed by atoms with Crippen molar-refractivity contribution < 1.29 is 4.79 Å². The Hall–Kier alpha value is -2.24. The normalized spacial score (nSPS) is 12.4. The van der Waals surface area contributed by atoms with E-state index in [-0.39, 0.29) is 11.9 Å². The molecule has 1 amide bonds. The molecule has 1 atom stereocenters. The van der Waals surface area contributed by atoms with E-state index in [1.807, 2.05) is 43.3 Å². The number of amides is 1. The molecule has 0 aliphatic carbocycles. The smallest absolute Gasteiger partial charge is 0.253 e. The first kappa shape index (κ1) is 21.1. The first-order valence-electron chi connectivity index (χ1n) is 8.54. The van der Waals surface area contributed by atoms with Crippen molar-refractivity contribution in [2.24, 2.45) is 4.99 Å². The van der Waals surface area contributed by atoms with Gasteiger partial charge in [0.15, 0.2) is 5.96 Å². The number of guanidine groups is 1. The third kappa shape index (κ3) is 5.88. The molecule has 144 valence electrons. The van der Waals surface area contributed by atoms with Gasteiger partial charge in [-0.15, -0.1) is 0 Å². The van der Waals surface area contributed by atoms with Gasteiger partial charge in [0.25, 0.3) is 5.91 Å². The molecule has 0 aliphatic rings. The van der Waals surface area contributed by atoms with Crippen LogP contribution in [0.1, 0.15) is 34.5 Å². The molecule has 5 nitrogen and oxygen atoms in total. The molecule has 0 aliphatic heterocycles. The van der Waals surface area contributed by atoms with Crippen LogP contribution in [-0.2, 0) is 6.54 Å². The second kappa shape index (κ2) is 9.62. The van der Waals surface area contributed by atoms with E-state index in [0.717, 1.165) is 11.1 Å². The van der Waals surface area contributed by atoms with Gasteiger partial charge in [-0.1, -0.05) is 41.4 Å². The summed E-state index contributed by atoms with van der Waals surface area (Å²) in [6, 6.07) is 12.9. The molecule has 7 heteroatoms. The molecule has 0 aromatic heterocycles. The SMILES string of the molecule is CN=C(NCc1ccc(C(=O)N(C)C)cc1)NC(C)c1ccc(Cl)cc1Cl. The summed E-state index contributed by atoms with van der Waals surface area (Å²) in [6.45, 7) is 2.58. The number of carbonyl (C=O) groups is 1. The Kier molecular flexibility index (Phi) is 7.51. The van der Waals surface area contributed by atoms with Crippen molar-refractivity contribution in [3.63, 3.8) is 0 Å². The minimum Gasteiger partial charge on any atom is -0.352 e. The van der Waals surface area contributed by atoms with Crippen LogP contribution >= 0.6 is 23.2 Å². The maximum absolute atomic E-state index is 11.9. The third-order valence-corrected chi connectivity index (χ3v) is 4.64. The van der Waals surface area contributed by atoms with Gasteiger partial charge in [0.2, 0.25) is 0 Å². The molecule has 2 aromatic carbocycles. The van der Waals surface area contributed by atoms with E-state index in [0.29, 0.717) is 28.1 Å². The number of carbonyl (C=O) groups excluding carboxylic acids is 1. The van der Waals surface area contributed by atoms with Crippen LogP contribution in [0.25, 0.3) is 0 Å². The highest BCUT2D eigenvalue weighted by molar-refractivity contribution is 6.35. The molecule has 27 heavy (non-hydrogen) atoms. The number of benzene rings is 2. The van der Waals surface area contributed by atoms with Gasteiger partial charge in [-0.05, 0) is 42.3 Å². The van der Waals surface area contributed by atoms with Crippen LogP contribution in [0, 0.1) is 0 Å². The maximum atomic E-state index is 11.9. The molecule has 0 heterocycles. The summed E-state index contributed by atoms with van der Waals surface area (Å²) in [5.41, 5.74) is 2.65. The summed E-state index contributed by atoms with van der Waals surface area (Å²) in [5.74, 6) is 0.641. The molecule has 0 saturated carbocycles. The van der Waals surface area contributed by atoms with Gasteiger partial charge in [0, 0.05) is 43.3 Å². The van der Waals surface area contributed by atoms with Gasteiger partial charge in [0.05, 0.1) is 6.04 Å². The fraction of sp³-hybridized carbons (Fsp3) is 0.300. The van der Waals surface area contributed by atoms with Crippen LogP contribution in [0.4, 0.5) is 0 Å². The molecule has 0 bridgehead atoms. The van der Waals surface area contributed by atoms with Gasteiger partial charge in [-0.2, -0.15) is 0 Å². The van der Waals surface area contributed by atoms with Crippen molar-refractivity contribution >= 4 is 35.1 Å². The van der Waals surface area contributed by atoms with Crippen LogP contribution in [0.2, 0.25) is 10.0 Å². The average molecular weight is 407 g/mol. The van der Waals surface area contributed by atoms with Crippen LogP contribution in [-0.4, -0.2) is 37.9 Å². The Bertz CT molecular complexity index is 819. The zero-order valence-corrected chi connectivity index (χ0v) is 17.4. The lowest BCUT2D eigenvalue weighted by molar-refractivity contribution is 0.0827. The van der Waals surface area contributed by atoms with E-state index in [1.165, 1.54) is 0 Å². The highest BCUT2D eigenvalue weighted by Gasteiger charge is 2.12. The number of aliphatic imine (C=N–C) groups is 1. The second-order valence-electron chi connectivity index (χ2n) is 6.35. The highest BCUT2D eigenvalue weighted by atomic mass is 35.5. The Morgan fingerprint density at radius 3 is 2.37 bits per heavy atom. The number of hydrogen-bond donors (Lipinski definition) is 2. The van der Waals surface area contributed by atoms with Gasteiger partial charge < -0.3 is 15.5 Å². The van der Waals surface area contributed by atoms with Crippen molar-refractivity contribution in [1.82, 2.24) is 15.5 Å². The van der Waals surface area contributed by atoms with Crippen LogP contribution in [0.15, 0.2) is 47.5 Å². The quantitative estimate of drug-likeness (QED) is 0.579. The van der Waals surface area contributed by atoms with Gasteiger partial charge in [-0.25, -0.2) is 0 Å². The van der Waals surface area contributed by atoms with Crippen LogP contribution in [0.3, 0.4) is 0 Å². The summed E-state index contributed by atoms with van der Waals surface area (Å²) >= 11 is 12.2. The minimum atomic E-state index is -0.0407. The predicted molar refractivity (Wildman–Crippen MR) is 113 cm³/mol. The third-order valence-electron chi connectivity index (χ3n) is 4.07. The summed E-state index contributed by atoms with van der Waals surface area (Å²) < 4.78 is 0. The summed E-state index contributed by atoms with van der Waals surface area (Å²) in [6.07, 6.45) is 0. The zero-order valence-electron chi connectivity index (χ0n) is 15.9. The Balaban J connectivity index is 1.96. The van der Waals surface area contributed by atoms with Crippen molar-refractivity contribution in [1.29, 1.82) is 0 Å². The lowest BCUT2D eigenvalue weighted by atomic mass is 10.1. The monoisotopic (exact) mass is 406 g/mol. The van der Waals surface area contributed by atoms with Crippen molar-refractivity contribution in [3.05, 3.63) is 69.2 Å². The largest absolute Gasteiger partial charge is 0.352 e. The van der Waals surface area contributed by atoms with E-state index in [1.54, 1.807) is 32.1 Å². The van der Waals surface area contributed by atoms with E-state index in [4.69, 9.17) is 23.2 Å². The van der Waals surface area contributed by atoms with Crippen molar-refractivity contribution in [3.8, 4) is 0 Å². The number of rotatable bonds is 5. The molecule has 2 aromatic rings. The first-order chi connectivity index (χ1) is 12.8. The molecule has 0 spiro atoms. The molecule has 0 radical (unpaired) electrons. The van der Waals surface area contributed by atoms with E-state index < -0.39 is 0 Å². The second-order valence-corrected chi connectivity index (χ2v) is 7.20. The number of hydrogen-bond acceptors (Lipinski definition) is 2. The number of nitrogens with one attached hydrogen (secondary N) is 2. The molecule has 0 saturated heterocycles. The van der Waals surface area contributed by atoms with E-state index in [2.05, 4.69) is 15.6 Å². The standard InChI is InChI=1S/C20H24Cl2N4O/c1-13(17-10-9-16(21)11-18(17)22)25-20(23-2)24-12-14-5-7-15(8-6-14)19(27)26(3)4/h5-11,13H,12H2,1-4H3,(H2,23,24,25). The molecule has 0 fully saturated rings. The fourth-order valence-corrected chi connectivity index (χ4v) is 3.11. The number of halogens is 2. The minimum absolute atomic E-state index is 0.0133. The Morgan fingerprint density at radius 2 is 1.81 bits per heavy atom. The zero-order chi connectivity index (χ0) is 20.0. The molecule has 2 N–H and O–H groups in total. The van der Waals surface area contributed by atoms with Gasteiger partial charge in [-0.3, -0.25) is 9.79 Å². The topological polar surface area (TPSA) is 56.7 Å². The molecular weight excluding hydrogens is 383 g/mol. The fourth-order valence-electron chi connectivity index (χ4n) is 2.54. The van der Waals surface area contributed by atoms with E-state index in [9.17, 15) is 4.79 Å². The van der Waals surface area contributed by atoms with Crippen LogP contribution < -0.4 is 10.6 Å². The lowest BCUT2D eigenvalue weighted by Gasteiger charge is -2.19. The molecular formula is C20H24Cl2N4O. The Labute approximate surface area is 170 Å². The van der Waals surface area contributed by atoms with Crippen molar-refractivity contribution in [2.45, 2.75) is 19.5 Å². The molecule has 2 rings (SSSR count). The summed E-state index contributed by atoms with van der Waals surface area (Å²) in [5, 5.41) is 7.79. The first-order valence-corrected chi connectivity index (χ1v) is 9.30. The molecule has 1 unspecified atom stereocenters. The lowest BCUT2D eigenvalue weighted by Crippen LogP contribution is -2.38. The predicted octanol–water partition coefficient (Wildman–Crippen LogP) is 4.12. The van der Waals surface area contributed by atoms with Crippen molar-refractivity contribution in [2.75, 3.05) is 21.1 Å². The highest BCUT2D eigenvalue weighted by Crippen LogP contribution is 2.26.